The lowest BCUT2D eigenvalue weighted by Gasteiger charge is -2.23. The molecule has 2 aliphatic rings. The average molecular weight is 573 g/mol. The highest BCUT2D eigenvalue weighted by molar-refractivity contribution is 7.50. The Kier molecular flexibility index (Phi) is 7.95. The van der Waals surface area contributed by atoms with E-state index in [1.165, 1.54) is 13.1 Å². The maximum Gasteiger partial charge on any atom is 0.403 e. The molecule has 1 saturated heterocycles. The average Bonchev–Trinajstić information content (AvgIpc) is 3.50. The number of benzene rings is 1. The first-order chi connectivity index (χ1) is 19.1. The molecule has 3 aromatic rings. The molecule has 1 aliphatic carbocycles. The van der Waals surface area contributed by atoms with Gasteiger partial charge in [0, 0.05) is 46.2 Å². The molecule has 5 N–H and O–H groups in total. The first kappa shape index (κ1) is 27.8. The first-order valence-electron chi connectivity index (χ1n) is 12.8. The zero-order valence-electron chi connectivity index (χ0n) is 21.5. The highest BCUT2D eigenvalue weighted by Crippen LogP contribution is 2.40. The number of H-pyrrole nitrogens is 2. The van der Waals surface area contributed by atoms with Gasteiger partial charge in [0.15, 0.2) is 0 Å². The molecular weight excluding hydrogens is 543 g/mol. The van der Waals surface area contributed by atoms with Crippen molar-refractivity contribution in [2.45, 2.75) is 63.1 Å². The minimum absolute atomic E-state index is 0.0344. The van der Waals surface area contributed by atoms with Gasteiger partial charge in [0.25, 0.3) is 5.56 Å². The molecule has 5 atom stereocenters. The molecule has 2 aromatic heterocycles. The summed E-state index contributed by atoms with van der Waals surface area (Å²) in [5.74, 6) is -0.428. The summed E-state index contributed by atoms with van der Waals surface area (Å²) in [5.41, 5.74) is 9.69. The van der Waals surface area contributed by atoms with Gasteiger partial charge in [-0.1, -0.05) is 23.3 Å². The highest BCUT2D eigenvalue weighted by Gasteiger charge is 2.39. The number of aromatic nitrogens is 3. The van der Waals surface area contributed by atoms with Crippen molar-refractivity contribution in [2.24, 2.45) is 5.11 Å². The van der Waals surface area contributed by atoms with Crippen LogP contribution in [0.5, 0.6) is 0 Å². The van der Waals surface area contributed by atoms with Gasteiger partial charge in [-0.2, -0.15) is 0 Å². The molecular formula is C24H29N8O7P. The van der Waals surface area contributed by atoms with Crippen molar-refractivity contribution >= 4 is 24.6 Å². The Morgan fingerprint density at radius 1 is 1.38 bits per heavy atom. The van der Waals surface area contributed by atoms with E-state index in [9.17, 15) is 23.8 Å². The predicted molar refractivity (Wildman–Crippen MR) is 143 cm³/mol. The third-order valence-corrected chi connectivity index (χ3v) is 8.07. The van der Waals surface area contributed by atoms with Crippen molar-refractivity contribution in [1.82, 2.24) is 24.9 Å². The van der Waals surface area contributed by atoms with E-state index in [0.29, 0.717) is 0 Å². The number of hydrogen-bond donors (Lipinski definition) is 5. The van der Waals surface area contributed by atoms with Crippen LogP contribution in [-0.2, 0) is 25.0 Å². The number of hydrogen-bond acceptors (Lipinski definition) is 7. The minimum Gasteiger partial charge on any atom is -0.361 e. The fraction of sp³-hybridized carbons (Fsp3) is 0.458. The second-order valence-electron chi connectivity index (χ2n) is 9.96. The Morgan fingerprint density at radius 3 is 2.90 bits per heavy atom. The topological polar surface area (TPSA) is 216 Å². The van der Waals surface area contributed by atoms with Gasteiger partial charge < -0.3 is 19.9 Å². The number of nitrogens with one attached hydrogen (secondary N) is 4. The van der Waals surface area contributed by atoms with Crippen molar-refractivity contribution in [3.8, 4) is 0 Å². The zero-order chi connectivity index (χ0) is 28.4. The van der Waals surface area contributed by atoms with Crippen LogP contribution >= 0.6 is 7.75 Å². The number of para-hydroxylation sites is 1. The van der Waals surface area contributed by atoms with E-state index >= 15 is 0 Å². The molecule has 3 heterocycles. The number of aryl methyl sites for hydroxylation is 1. The summed E-state index contributed by atoms with van der Waals surface area (Å²) in [4.78, 5) is 55.8. The predicted octanol–water partition coefficient (Wildman–Crippen LogP) is 1.89. The number of nitrogens with zero attached hydrogens (tertiary/aromatic N) is 4. The smallest absolute Gasteiger partial charge is 0.361 e. The van der Waals surface area contributed by atoms with Gasteiger partial charge in [-0.3, -0.25) is 23.7 Å². The van der Waals surface area contributed by atoms with E-state index in [1.807, 2.05) is 24.3 Å². The molecule has 0 bridgehead atoms. The summed E-state index contributed by atoms with van der Waals surface area (Å²) < 4.78 is 25.4. The van der Waals surface area contributed by atoms with Gasteiger partial charge in [-0.05, 0) is 43.3 Å². The highest BCUT2D eigenvalue weighted by atomic mass is 31.2. The minimum atomic E-state index is -4.57. The summed E-state index contributed by atoms with van der Waals surface area (Å²) >= 11 is 0. The van der Waals surface area contributed by atoms with Crippen molar-refractivity contribution in [3.05, 3.63) is 79.1 Å². The summed E-state index contributed by atoms with van der Waals surface area (Å²) in [6, 6.07) is 5.66. The molecule has 0 radical (unpaired) electrons. The Hall–Kier alpha value is -3.71. The van der Waals surface area contributed by atoms with Crippen molar-refractivity contribution in [1.29, 1.82) is 0 Å². The normalized spacial score (nSPS) is 22.9. The van der Waals surface area contributed by atoms with Gasteiger partial charge in [0.05, 0.1) is 18.8 Å². The lowest BCUT2D eigenvalue weighted by molar-refractivity contribution is -0.123. The van der Waals surface area contributed by atoms with Crippen LogP contribution in [0.3, 0.4) is 0 Å². The van der Waals surface area contributed by atoms with Gasteiger partial charge in [0.1, 0.15) is 12.3 Å². The SMILES string of the molecule is Cc1cn(C2CC(N=[N+]=[N-])[C@@H](COP(=O)(O)N[C@@H](Cc3c[nH]c4ccccc34)C(=O)NC3CC3)O2)c(=O)[nH]c1=O. The van der Waals surface area contributed by atoms with Gasteiger partial charge in [0.2, 0.25) is 5.91 Å². The maximum atomic E-state index is 13.1. The number of amides is 1. The van der Waals surface area contributed by atoms with Crippen LogP contribution < -0.4 is 21.7 Å². The largest absolute Gasteiger partial charge is 0.403 e. The molecule has 212 valence electrons. The maximum absolute atomic E-state index is 13.1. The number of fused-ring (bicyclic) bond motifs is 1. The molecule has 1 amide bonds. The van der Waals surface area contributed by atoms with E-state index in [4.69, 9.17) is 14.8 Å². The van der Waals surface area contributed by atoms with Crippen LogP contribution in [0.1, 0.15) is 36.6 Å². The fourth-order valence-corrected chi connectivity index (χ4v) is 5.71. The van der Waals surface area contributed by atoms with Crippen LogP contribution in [0.2, 0.25) is 0 Å². The van der Waals surface area contributed by atoms with Crippen LogP contribution in [0.25, 0.3) is 21.3 Å². The number of aromatic amines is 2. The number of carbonyl (C=O) groups excluding carboxylic acids is 1. The molecule has 16 heteroatoms. The molecule has 1 aliphatic heterocycles. The standard InChI is InChI=1S/C24H29N8O7P/c1-13-11-32(24(35)28-22(13)33)21-9-18(29-31-25)20(39-21)12-38-40(36,37)30-19(23(34)27-15-6-7-15)8-14-10-26-17-5-3-2-4-16(14)17/h2-5,10-11,15,18-21,26H,6-9,12H2,1H3,(H,27,34)(H,28,33,35)(H2,30,36,37)/t18?,19-,20+,21?/m0/s1. The van der Waals surface area contributed by atoms with Crippen LogP contribution in [0.4, 0.5) is 0 Å². The summed E-state index contributed by atoms with van der Waals surface area (Å²) in [6.07, 6.45) is 3.08. The number of ether oxygens (including phenoxy) is 1. The summed E-state index contributed by atoms with van der Waals surface area (Å²) in [7, 11) is -4.57. The quantitative estimate of drug-likeness (QED) is 0.0987. The van der Waals surface area contributed by atoms with Crippen molar-refractivity contribution < 1.29 is 23.5 Å². The van der Waals surface area contributed by atoms with E-state index in [1.54, 1.807) is 6.20 Å². The van der Waals surface area contributed by atoms with Crippen LogP contribution in [0, 0.1) is 6.92 Å². The van der Waals surface area contributed by atoms with Gasteiger partial charge in [-0.25, -0.2) is 14.4 Å². The summed E-state index contributed by atoms with van der Waals surface area (Å²) in [5, 5.41) is 9.91. The lowest BCUT2D eigenvalue weighted by atomic mass is 10.1. The second kappa shape index (κ2) is 11.4. The molecule has 40 heavy (non-hydrogen) atoms. The molecule has 2 fully saturated rings. The molecule has 15 nitrogen and oxygen atoms in total. The van der Waals surface area contributed by atoms with Crippen molar-refractivity contribution in [3.63, 3.8) is 0 Å². The molecule has 0 spiro atoms. The van der Waals surface area contributed by atoms with Crippen LogP contribution in [0.15, 0.2) is 51.4 Å². The Morgan fingerprint density at radius 2 is 2.15 bits per heavy atom. The number of rotatable bonds is 11. The van der Waals surface area contributed by atoms with E-state index in [-0.39, 0.29) is 24.4 Å². The summed E-state index contributed by atoms with van der Waals surface area (Å²) in [6.45, 7) is 1.05. The Balaban J connectivity index is 1.29. The Bertz CT molecular complexity index is 1620. The van der Waals surface area contributed by atoms with E-state index in [2.05, 4.69) is 30.4 Å². The number of carbonyl (C=O) groups is 1. The monoisotopic (exact) mass is 572 g/mol. The van der Waals surface area contributed by atoms with Gasteiger partial charge in [-0.15, -0.1) is 0 Å². The second-order valence-corrected chi connectivity index (χ2v) is 11.5. The van der Waals surface area contributed by atoms with Crippen LogP contribution in [-0.4, -0.2) is 56.2 Å². The third-order valence-electron chi connectivity index (χ3n) is 6.93. The van der Waals surface area contributed by atoms with E-state index in [0.717, 1.165) is 33.9 Å². The number of azide groups is 1. The van der Waals surface area contributed by atoms with E-state index < -0.39 is 55.9 Å². The fourth-order valence-electron chi connectivity index (χ4n) is 4.68. The van der Waals surface area contributed by atoms with Crippen molar-refractivity contribution in [2.75, 3.05) is 6.61 Å². The first-order valence-corrected chi connectivity index (χ1v) is 14.3. The third kappa shape index (κ3) is 6.36. The molecule has 1 aromatic carbocycles. The van der Waals surface area contributed by atoms with Gasteiger partial charge >= 0.3 is 13.4 Å². The molecule has 1 saturated carbocycles. The Labute approximate surface area is 227 Å². The zero-order valence-corrected chi connectivity index (χ0v) is 22.4. The molecule has 3 unspecified atom stereocenters. The molecule has 5 rings (SSSR count). The lowest BCUT2D eigenvalue weighted by Crippen LogP contribution is -2.45.